The molecule has 3 N–H and O–H groups in total. The average molecular weight is 259 g/mol. The Morgan fingerprint density at radius 3 is 3.06 bits per heavy atom. The van der Waals surface area contributed by atoms with Crippen LogP contribution in [0, 0.1) is 0 Å². The van der Waals surface area contributed by atoms with Crippen molar-refractivity contribution >= 4 is 5.91 Å². The molecule has 0 bridgehead atoms. The van der Waals surface area contributed by atoms with Gasteiger partial charge in [0.1, 0.15) is 6.04 Å². The first kappa shape index (κ1) is 15.4. The van der Waals surface area contributed by atoms with Crippen LogP contribution in [0.3, 0.4) is 0 Å². The number of rotatable bonds is 7. The number of hydrogen-bond donors (Lipinski definition) is 2. The van der Waals surface area contributed by atoms with E-state index in [0.717, 1.165) is 19.5 Å². The summed E-state index contributed by atoms with van der Waals surface area (Å²) in [4.78, 5) is 13.9. The van der Waals surface area contributed by atoms with Gasteiger partial charge in [0.25, 0.3) is 0 Å². The van der Waals surface area contributed by atoms with Gasteiger partial charge in [0.15, 0.2) is 0 Å². The topological polar surface area (TPSA) is 76.8 Å². The average Bonchev–Trinajstić information content (AvgIpc) is 2.43. The first-order valence-electron chi connectivity index (χ1n) is 6.58. The molecule has 0 aromatic carbocycles. The second-order valence-electron chi connectivity index (χ2n) is 4.34. The highest BCUT2D eigenvalue weighted by atomic mass is 16.5. The second-order valence-corrected chi connectivity index (χ2v) is 4.34. The predicted octanol–water partition coefficient (Wildman–Crippen LogP) is -0.813. The van der Waals surface area contributed by atoms with Crippen LogP contribution in [0.2, 0.25) is 0 Å². The molecule has 0 aromatic heterocycles. The smallest absolute Gasteiger partial charge is 0.239 e. The number of nitrogens with one attached hydrogen (secondary N) is 1. The van der Waals surface area contributed by atoms with Gasteiger partial charge in [-0.15, -0.1) is 0 Å². The summed E-state index contributed by atoms with van der Waals surface area (Å²) in [5.74, 6) is 0.00964. The molecule has 0 aromatic rings. The van der Waals surface area contributed by atoms with Crippen LogP contribution in [0.4, 0.5) is 0 Å². The van der Waals surface area contributed by atoms with Gasteiger partial charge in [-0.3, -0.25) is 9.69 Å². The van der Waals surface area contributed by atoms with Crippen molar-refractivity contribution in [2.75, 3.05) is 46.5 Å². The molecule has 1 rings (SSSR count). The monoisotopic (exact) mass is 259 g/mol. The number of ether oxygens (including phenoxy) is 2. The highest BCUT2D eigenvalue weighted by Crippen LogP contribution is 2.09. The van der Waals surface area contributed by atoms with Crippen LogP contribution >= 0.6 is 0 Å². The molecule has 1 aliphatic rings. The van der Waals surface area contributed by atoms with Crippen LogP contribution in [0.15, 0.2) is 0 Å². The molecule has 1 fully saturated rings. The van der Waals surface area contributed by atoms with Gasteiger partial charge in [0, 0.05) is 33.3 Å². The standard InChI is InChI=1S/C12H25N3O3/c1-3-18-10(8-13)4-5-15-6-7-17-9-11(15)12(16)14-2/h10-11H,3-9,13H2,1-2H3,(H,14,16). The van der Waals surface area contributed by atoms with Crippen molar-refractivity contribution in [2.24, 2.45) is 5.73 Å². The van der Waals surface area contributed by atoms with E-state index in [-0.39, 0.29) is 18.1 Å². The summed E-state index contributed by atoms with van der Waals surface area (Å²) < 4.78 is 10.9. The molecule has 1 heterocycles. The Kier molecular flexibility index (Phi) is 7.19. The molecular weight excluding hydrogens is 234 g/mol. The molecule has 18 heavy (non-hydrogen) atoms. The molecule has 6 nitrogen and oxygen atoms in total. The van der Waals surface area contributed by atoms with E-state index in [1.165, 1.54) is 0 Å². The van der Waals surface area contributed by atoms with E-state index in [4.69, 9.17) is 15.2 Å². The number of nitrogens with zero attached hydrogens (tertiary/aromatic N) is 1. The maximum Gasteiger partial charge on any atom is 0.239 e. The zero-order valence-electron chi connectivity index (χ0n) is 11.4. The molecule has 106 valence electrons. The first-order chi connectivity index (χ1) is 8.72. The van der Waals surface area contributed by atoms with Crippen LogP contribution in [0.25, 0.3) is 0 Å². The molecule has 0 saturated carbocycles. The van der Waals surface area contributed by atoms with Crippen molar-refractivity contribution in [3.63, 3.8) is 0 Å². The molecule has 0 aliphatic carbocycles. The first-order valence-corrected chi connectivity index (χ1v) is 6.58. The quantitative estimate of drug-likeness (QED) is 0.625. The van der Waals surface area contributed by atoms with Crippen molar-refractivity contribution < 1.29 is 14.3 Å². The second kappa shape index (κ2) is 8.42. The minimum absolute atomic E-state index is 0.00964. The highest BCUT2D eigenvalue weighted by Gasteiger charge is 2.28. The number of carbonyl (C=O) groups is 1. The van der Waals surface area contributed by atoms with E-state index < -0.39 is 0 Å². The van der Waals surface area contributed by atoms with Gasteiger partial charge in [-0.2, -0.15) is 0 Å². The fraction of sp³-hybridized carbons (Fsp3) is 0.917. The van der Waals surface area contributed by atoms with E-state index in [0.29, 0.717) is 26.4 Å². The van der Waals surface area contributed by atoms with E-state index in [9.17, 15) is 4.79 Å². The van der Waals surface area contributed by atoms with E-state index in [2.05, 4.69) is 10.2 Å². The normalized spacial score (nSPS) is 22.7. The van der Waals surface area contributed by atoms with Crippen molar-refractivity contribution in [2.45, 2.75) is 25.5 Å². The lowest BCUT2D eigenvalue weighted by molar-refractivity contribution is -0.132. The molecule has 0 radical (unpaired) electrons. The Hall–Kier alpha value is -0.690. The van der Waals surface area contributed by atoms with Crippen molar-refractivity contribution in [3.8, 4) is 0 Å². The Bertz CT molecular complexity index is 251. The predicted molar refractivity (Wildman–Crippen MR) is 69.3 cm³/mol. The molecule has 2 unspecified atom stereocenters. The Labute approximate surface area is 109 Å². The number of amides is 1. The summed E-state index contributed by atoms with van der Waals surface area (Å²) in [6, 6.07) is -0.191. The molecular formula is C12H25N3O3. The van der Waals surface area contributed by atoms with Gasteiger partial charge >= 0.3 is 0 Å². The number of carbonyl (C=O) groups excluding carboxylic acids is 1. The maximum absolute atomic E-state index is 11.7. The third-order valence-electron chi connectivity index (χ3n) is 3.19. The van der Waals surface area contributed by atoms with Gasteiger partial charge in [0.05, 0.1) is 19.3 Å². The lowest BCUT2D eigenvalue weighted by Gasteiger charge is -2.34. The van der Waals surface area contributed by atoms with Gasteiger partial charge < -0.3 is 20.5 Å². The molecule has 1 saturated heterocycles. The Morgan fingerprint density at radius 1 is 1.67 bits per heavy atom. The number of morpholine rings is 1. The number of nitrogens with two attached hydrogens (primary N) is 1. The van der Waals surface area contributed by atoms with Crippen LogP contribution < -0.4 is 11.1 Å². The summed E-state index contributed by atoms with van der Waals surface area (Å²) in [6.07, 6.45) is 0.917. The molecule has 0 spiro atoms. The molecule has 1 amide bonds. The summed E-state index contributed by atoms with van der Waals surface area (Å²) in [5.41, 5.74) is 5.65. The van der Waals surface area contributed by atoms with Gasteiger partial charge in [-0.1, -0.05) is 0 Å². The van der Waals surface area contributed by atoms with Crippen LogP contribution in [0.1, 0.15) is 13.3 Å². The van der Waals surface area contributed by atoms with Crippen molar-refractivity contribution in [1.29, 1.82) is 0 Å². The Morgan fingerprint density at radius 2 is 2.44 bits per heavy atom. The summed E-state index contributed by atoms with van der Waals surface area (Å²) >= 11 is 0. The van der Waals surface area contributed by atoms with Crippen molar-refractivity contribution in [3.05, 3.63) is 0 Å². The van der Waals surface area contributed by atoms with E-state index in [1.807, 2.05) is 6.92 Å². The molecule has 6 heteroatoms. The van der Waals surface area contributed by atoms with E-state index >= 15 is 0 Å². The van der Waals surface area contributed by atoms with Gasteiger partial charge in [-0.05, 0) is 13.3 Å². The van der Waals surface area contributed by atoms with Gasteiger partial charge in [-0.25, -0.2) is 0 Å². The zero-order valence-corrected chi connectivity index (χ0v) is 11.4. The summed E-state index contributed by atoms with van der Waals surface area (Å²) in [5, 5.41) is 2.67. The molecule has 1 aliphatic heterocycles. The fourth-order valence-electron chi connectivity index (χ4n) is 2.13. The maximum atomic E-state index is 11.7. The van der Waals surface area contributed by atoms with Crippen molar-refractivity contribution in [1.82, 2.24) is 10.2 Å². The Balaban J connectivity index is 2.43. The van der Waals surface area contributed by atoms with E-state index in [1.54, 1.807) is 7.05 Å². The largest absolute Gasteiger partial charge is 0.378 e. The van der Waals surface area contributed by atoms with Crippen LogP contribution in [-0.4, -0.2) is 69.5 Å². The molecule has 2 atom stereocenters. The summed E-state index contributed by atoms with van der Waals surface area (Å²) in [7, 11) is 1.65. The minimum Gasteiger partial charge on any atom is -0.378 e. The highest BCUT2D eigenvalue weighted by molar-refractivity contribution is 5.81. The number of hydrogen-bond acceptors (Lipinski definition) is 5. The SMILES string of the molecule is CCOC(CN)CCN1CCOCC1C(=O)NC. The third-order valence-corrected chi connectivity index (χ3v) is 3.19. The fourth-order valence-corrected chi connectivity index (χ4v) is 2.13. The number of likely N-dealkylation sites (N-methyl/N-ethyl adjacent to an activating group) is 1. The minimum atomic E-state index is -0.191. The third kappa shape index (κ3) is 4.53. The lowest BCUT2D eigenvalue weighted by atomic mass is 10.1. The van der Waals surface area contributed by atoms with Crippen LogP contribution in [-0.2, 0) is 14.3 Å². The zero-order chi connectivity index (χ0) is 13.4. The summed E-state index contributed by atoms with van der Waals surface area (Å²) in [6.45, 7) is 5.87. The van der Waals surface area contributed by atoms with Crippen LogP contribution in [0.5, 0.6) is 0 Å². The van der Waals surface area contributed by atoms with Gasteiger partial charge in [0.2, 0.25) is 5.91 Å². The lowest BCUT2D eigenvalue weighted by Crippen LogP contribution is -2.53.